The van der Waals surface area contributed by atoms with Crippen molar-refractivity contribution in [3.8, 4) is 11.3 Å². The summed E-state index contributed by atoms with van der Waals surface area (Å²) in [4.78, 5) is 7.44. The fourth-order valence-corrected chi connectivity index (χ4v) is 2.25. The molecule has 92 valence electrons. The maximum Gasteiger partial charge on any atom is 0.133 e. The van der Waals surface area contributed by atoms with Gasteiger partial charge in [0.15, 0.2) is 0 Å². The number of halogens is 2. The lowest BCUT2D eigenvalue weighted by Gasteiger charge is -2.06. The zero-order valence-corrected chi connectivity index (χ0v) is 11.0. The molecule has 1 aromatic heterocycles. The Hall–Kier alpha value is -1.26. The van der Waals surface area contributed by atoms with Crippen molar-refractivity contribution in [1.29, 1.82) is 0 Å². The molecule has 1 heterocycles. The average Bonchev–Trinajstić information content (AvgIpc) is 3.11. The number of hydrogen-bond acceptors (Lipinski definition) is 2. The van der Waals surface area contributed by atoms with E-state index < -0.39 is 0 Å². The topological polar surface area (TPSA) is 28.7 Å². The number of nitrogens with zero attached hydrogens (tertiary/aromatic N) is 1. The van der Waals surface area contributed by atoms with E-state index in [4.69, 9.17) is 23.8 Å². The SMILES string of the molecule is Fc1cc(Cl)ccc1-c1cc(=S)nc(C2CC2)[nH]1. The summed E-state index contributed by atoms with van der Waals surface area (Å²) in [6.07, 6.45) is 2.23. The average molecular weight is 281 g/mol. The summed E-state index contributed by atoms with van der Waals surface area (Å²) in [5.74, 6) is 0.940. The largest absolute Gasteiger partial charge is 0.343 e. The molecule has 0 bridgehead atoms. The summed E-state index contributed by atoms with van der Waals surface area (Å²) in [5, 5.41) is 0.381. The van der Waals surface area contributed by atoms with Crippen molar-refractivity contribution in [3.63, 3.8) is 0 Å². The molecule has 5 heteroatoms. The van der Waals surface area contributed by atoms with Crippen LogP contribution in [-0.2, 0) is 0 Å². The Morgan fingerprint density at radius 3 is 2.78 bits per heavy atom. The summed E-state index contributed by atoms with van der Waals surface area (Å²) in [6, 6.07) is 6.28. The van der Waals surface area contributed by atoms with Crippen LogP contribution in [0.4, 0.5) is 4.39 Å². The van der Waals surface area contributed by atoms with E-state index in [0.29, 0.717) is 26.8 Å². The Kier molecular flexibility index (Phi) is 2.92. The molecule has 0 aliphatic heterocycles. The lowest BCUT2D eigenvalue weighted by Crippen LogP contribution is -1.96. The molecule has 18 heavy (non-hydrogen) atoms. The highest BCUT2D eigenvalue weighted by Crippen LogP contribution is 2.38. The Morgan fingerprint density at radius 2 is 2.11 bits per heavy atom. The minimum Gasteiger partial charge on any atom is -0.343 e. The molecule has 2 nitrogen and oxygen atoms in total. The fraction of sp³-hybridized carbons (Fsp3) is 0.231. The molecule has 0 atom stereocenters. The van der Waals surface area contributed by atoms with Crippen molar-refractivity contribution in [3.05, 3.63) is 45.6 Å². The standard InChI is InChI=1S/C13H10ClFN2S/c14-8-3-4-9(10(15)5-8)11-6-12(18)17-13(16-11)7-1-2-7/h3-7H,1-2H2,(H,16,17,18). The van der Waals surface area contributed by atoms with Gasteiger partial charge in [0.25, 0.3) is 0 Å². The molecule has 0 unspecified atom stereocenters. The van der Waals surface area contributed by atoms with Crippen molar-refractivity contribution < 1.29 is 4.39 Å². The van der Waals surface area contributed by atoms with Crippen LogP contribution >= 0.6 is 23.8 Å². The van der Waals surface area contributed by atoms with Gasteiger partial charge in [-0.3, -0.25) is 0 Å². The van der Waals surface area contributed by atoms with Gasteiger partial charge in [0, 0.05) is 16.5 Å². The number of aromatic nitrogens is 2. The van der Waals surface area contributed by atoms with Crippen molar-refractivity contribution in [2.45, 2.75) is 18.8 Å². The van der Waals surface area contributed by atoms with Gasteiger partial charge in [-0.25, -0.2) is 9.37 Å². The zero-order valence-electron chi connectivity index (χ0n) is 9.41. The van der Waals surface area contributed by atoms with Crippen molar-refractivity contribution in [2.24, 2.45) is 0 Å². The molecular formula is C13H10ClFN2S. The molecule has 0 spiro atoms. The summed E-state index contributed by atoms with van der Waals surface area (Å²) in [7, 11) is 0. The Balaban J connectivity index is 2.13. The fourth-order valence-electron chi connectivity index (χ4n) is 1.88. The van der Waals surface area contributed by atoms with E-state index in [2.05, 4.69) is 9.97 Å². The first-order chi connectivity index (χ1) is 8.63. The lowest BCUT2D eigenvalue weighted by atomic mass is 10.1. The molecule has 1 aliphatic carbocycles. The van der Waals surface area contributed by atoms with Gasteiger partial charge in [0.1, 0.15) is 16.3 Å². The van der Waals surface area contributed by atoms with Gasteiger partial charge >= 0.3 is 0 Å². The summed E-state index contributed by atoms with van der Waals surface area (Å²) in [5.41, 5.74) is 1.13. The molecule has 2 aromatic rings. The van der Waals surface area contributed by atoms with Crippen LogP contribution in [0.5, 0.6) is 0 Å². The van der Waals surface area contributed by atoms with E-state index in [1.807, 2.05) is 0 Å². The van der Waals surface area contributed by atoms with Gasteiger partial charge in [0.05, 0.1) is 5.69 Å². The maximum absolute atomic E-state index is 13.9. The second-order valence-electron chi connectivity index (χ2n) is 4.42. The van der Waals surface area contributed by atoms with E-state index in [9.17, 15) is 4.39 Å². The Labute approximate surface area is 114 Å². The highest BCUT2D eigenvalue weighted by atomic mass is 35.5. The molecule has 0 amide bonds. The van der Waals surface area contributed by atoms with Crippen molar-refractivity contribution in [1.82, 2.24) is 9.97 Å². The second kappa shape index (κ2) is 4.44. The number of nitrogens with one attached hydrogen (secondary N) is 1. The summed E-state index contributed by atoms with van der Waals surface area (Å²) >= 11 is 10.9. The maximum atomic E-state index is 13.9. The highest BCUT2D eigenvalue weighted by molar-refractivity contribution is 7.71. The molecule has 1 fully saturated rings. The zero-order chi connectivity index (χ0) is 12.7. The van der Waals surface area contributed by atoms with Crippen LogP contribution in [0.15, 0.2) is 24.3 Å². The highest BCUT2D eigenvalue weighted by Gasteiger charge is 2.26. The van der Waals surface area contributed by atoms with Gasteiger partial charge in [-0.05, 0) is 37.1 Å². The normalized spacial score (nSPS) is 14.8. The lowest BCUT2D eigenvalue weighted by molar-refractivity contribution is 0.630. The minimum absolute atomic E-state index is 0.360. The first kappa shape index (κ1) is 11.8. The first-order valence-corrected chi connectivity index (χ1v) is 6.49. The van der Waals surface area contributed by atoms with Crippen LogP contribution in [0.1, 0.15) is 24.6 Å². The number of benzene rings is 1. The number of rotatable bonds is 2. The molecule has 0 radical (unpaired) electrons. The van der Waals surface area contributed by atoms with E-state index in [1.54, 1.807) is 18.2 Å². The molecule has 3 rings (SSSR count). The molecule has 1 saturated carbocycles. The van der Waals surface area contributed by atoms with Crippen LogP contribution < -0.4 is 0 Å². The Morgan fingerprint density at radius 1 is 1.33 bits per heavy atom. The number of hydrogen-bond donors (Lipinski definition) is 1. The van der Waals surface area contributed by atoms with Gasteiger partial charge in [-0.2, -0.15) is 0 Å². The van der Waals surface area contributed by atoms with Crippen molar-refractivity contribution in [2.75, 3.05) is 0 Å². The summed E-state index contributed by atoms with van der Waals surface area (Å²) in [6.45, 7) is 0. The van der Waals surface area contributed by atoms with Crippen molar-refractivity contribution >= 4 is 23.8 Å². The molecule has 0 saturated heterocycles. The summed E-state index contributed by atoms with van der Waals surface area (Å²) < 4.78 is 14.3. The van der Waals surface area contributed by atoms with Gasteiger partial charge < -0.3 is 4.98 Å². The number of aromatic amines is 1. The monoisotopic (exact) mass is 280 g/mol. The quantitative estimate of drug-likeness (QED) is 0.822. The third-order valence-corrected chi connectivity index (χ3v) is 3.39. The van der Waals surface area contributed by atoms with E-state index in [-0.39, 0.29) is 5.82 Å². The predicted octanol–water partition coefficient (Wildman–Crippen LogP) is 4.48. The third-order valence-electron chi connectivity index (χ3n) is 2.95. The third kappa shape index (κ3) is 2.31. The van der Waals surface area contributed by atoms with E-state index in [0.717, 1.165) is 18.7 Å². The van der Waals surface area contributed by atoms with E-state index in [1.165, 1.54) is 6.07 Å². The van der Waals surface area contributed by atoms with Crippen LogP contribution in [-0.4, -0.2) is 9.97 Å². The predicted molar refractivity (Wildman–Crippen MR) is 71.8 cm³/mol. The molecule has 1 aliphatic rings. The first-order valence-electron chi connectivity index (χ1n) is 5.70. The van der Waals surface area contributed by atoms with Gasteiger partial charge in [0.2, 0.25) is 0 Å². The van der Waals surface area contributed by atoms with Gasteiger partial charge in [-0.1, -0.05) is 23.8 Å². The van der Waals surface area contributed by atoms with Crippen LogP contribution in [0.2, 0.25) is 5.02 Å². The molecular weight excluding hydrogens is 271 g/mol. The van der Waals surface area contributed by atoms with E-state index >= 15 is 0 Å². The molecule has 1 aromatic carbocycles. The Bertz CT molecular complexity index is 664. The smallest absolute Gasteiger partial charge is 0.133 e. The van der Waals surface area contributed by atoms with Crippen LogP contribution in [0.3, 0.4) is 0 Å². The van der Waals surface area contributed by atoms with Crippen LogP contribution in [0.25, 0.3) is 11.3 Å². The minimum atomic E-state index is -0.360. The second-order valence-corrected chi connectivity index (χ2v) is 5.27. The van der Waals surface area contributed by atoms with Gasteiger partial charge in [-0.15, -0.1) is 0 Å². The number of H-pyrrole nitrogens is 1. The van der Waals surface area contributed by atoms with Crippen LogP contribution in [0, 0.1) is 10.5 Å². The molecule has 1 N–H and O–H groups in total.